The third-order valence-corrected chi connectivity index (χ3v) is 4.62. The van der Waals surface area contributed by atoms with Crippen LogP contribution in [-0.4, -0.2) is 86.9 Å². The molecule has 0 aliphatic rings. The number of hydrogen-bond donors (Lipinski definition) is 9. The Morgan fingerprint density at radius 1 is 0.583 bits per heavy atom. The van der Waals surface area contributed by atoms with Gasteiger partial charge in [0, 0.05) is 19.3 Å². The predicted molar refractivity (Wildman–Crippen MR) is 117 cm³/mol. The van der Waals surface area contributed by atoms with E-state index >= 15 is 0 Å². The quantitative estimate of drug-likeness (QED) is 0.0832. The number of nitrogens with two attached hydrogens (primary N) is 3. The second-order valence-corrected chi connectivity index (χ2v) is 7.67. The van der Waals surface area contributed by atoms with E-state index in [9.17, 15) is 43.5 Å². The number of primary amides is 2. The fraction of sp³-hybridized carbons (Fsp3) is 0.579. The number of nitrogens with one attached hydrogen (secondary N) is 3. The number of carboxylic acid groups (broad SMARTS) is 3. The summed E-state index contributed by atoms with van der Waals surface area (Å²) in [7, 11) is 0. The Kier molecular flexibility index (Phi) is 13.7. The standard InChI is InChI=1S/C19H30N6O11/c20-8(1-6-14(28)29)16(32)25-11(7-15(30)31)18(34)23-9(2-4-12(21)26)17(33)24-10(19(35)36)3-5-13(22)27/h8-11H,1-7,20H2,(H2,21,26)(H2,22,27)(H,23,34)(H,24,33)(H,25,32)(H,28,29)(H,30,31)(H,35,36)/t8-,9-,10-,11-/m0/s1. The first-order chi connectivity index (χ1) is 16.6. The Labute approximate surface area is 204 Å². The maximum Gasteiger partial charge on any atom is 0.326 e. The number of aliphatic carboxylic acids is 3. The maximum absolute atomic E-state index is 12.7. The van der Waals surface area contributed by atoms with Crippen molar-refractivity contribution in [1.29, 1.82) is 0 Å². The molecule has 0 saturated carbocycles. The largest absolute Gasteiger partial charge is 0.481 e. The van der Waals surface area contributed by atoms with Gasteiger partial charge in [-0.3, -0.25) is 33.6 Å². The summed E-state index contributed by atoms with van der Waals surface area (Å²) in [6.07, 6.45) is -3.35. The number of rotatable bonds is 18. The Morgan fingerprint density at radius 2 is 1.03 bits per heavy atom. The maximum atomic E-state index is 12.7. The fourth-order valence-electron chi connectivity index (χ4n) is 2.72. The van der Waals surface area contributed by atoms with Crippen molar-refractivity contribution in [3.05, 3.63) is 0 Å². The van der Waals surface area contributed by atoms with Crippen LogP contribution in [0.5, 0.6) is 0 Å². The zero-order valence-electron chi connectivity index (χ0n) is 19.1. The molecule has 0 rings (SSSR count). The number of carbonyl (C=O) groups is 8. The number of carboxylic acids is 3. The van der Waals surface area contributed by atoms with Gasteiger partial charge in [-0.2, -0.15) is 0 Å². The summed E-state index contributed by atoms with van der Waals surface area (Å²) in [5.74, 6) is -9.30. The lowest BCUT2D eigenvalue weighted by molar-refractivity contribution is -0.143. The van der Waals surface area contributed by atoms with Crippen LogP contribution in [0.25, 0.3) is 0 Å². The van der Waals surface area contributed by atoms with Crippen LogP contribution in [0.3, 0.4) is 0 Å². The minimum absolute atomic E-state index is 0.311. The van der Waals surface area contributed by atoms with E-state index in [2.05, 4.69) is 16.0 Å². The van der Waals surface area contributed by atoms with Gasteiger partial charge in [-0.15, -0.1) is 0 Å². The molecule has 0 aliphatic carbocycles. The average molecular weight is 518 g/mol. The Morgan fingerprint density at radius 3 is 1.47 bits per heavy atom. The predicted octanol–water partition coefficient (Wildman–Crippen LogP) is -4.28. The average Bonchev–Trinajstić information content (AvgIpc) is 2.75. The van der Waals surface area contributed by atoms with Crippen LogP contribution < -0.4 is 33.2 Å². The monoisotopic (exact) mass is 518 g/mol. The van der Waals surface area contributed by atoms with E-state index in [1.165, 1.54) is 0 Å². The normalized spacial score (nSPS) is 13.8. The summed E-state index contributed by atoms with van der Waals surface area (Å²) in [6.45, 7) is 0. The molecule has 0 radical (unpaired) electrons. The molecule has 0 aliphatic heterocycles. The van der Waals surface area contributed by atoms with Crippen LogP contribution in [0.15, 0.2) is 0 Å². The molecular weight excluding hydrogens is 488 g/mol. The Balaban J connectivity index is 5.59. The highest BCUT2D eigenvalue weighted by atomic mass is 16.4. The summed E-state index contributed by atoms with van der Waals surface area (Å²) in [5, 5.41) is 33.2. The topological polar surface area (TPSA) is 311 Å². The second kappa shape index (κ2) is 15.6. The van der Waals surface area contributed by atoms with Gasteiger partial charge in [-0.25, -0.2) is 4.79 Å². The lowest BCUT2D eigenvalue weighted by Gasteiger charge is -2.24. The third kappa shape index (κ3) is 13.4. The SMILES string of the molecule is NC(=O)CC[C@H](NC(=O)[C@H](CCC(N)=O)NC(=O)[C@H](CC(=O)O)NC(=O)[C@@H](N)CCC(=O)O)C(=O)O. The molecule has 0 aromatic rings. The molecule has 36 heavy (non-hydrogen) atoms. The van der Waals surface area contributed by atoms with Gasteiger partial charge in [-0.05, 0) is 19.3 Å². The number of carbonyl (C=O) groups excluding carboxylic acids is 5. The van der Waals surface area contributed by atoms with Gasteiger partial charge in [0.25, 0.3) is 0 Å². The van der Waals surface area contributed by atoms with E-state index in [0.29, 0.717) is 0 Å². The van der Waals surface area contributed by atoms with Gasteiger partial charge in [-0.1, -0.05) is 0 Å². The van der Waals surface area contributed by atoms with E-state index in [1.807, 2.05) is 0 Å². The molecule has 0 bridgehead atoms. The molecule has 0 aromatic heterocycles. The van der Waals surface area contributed by atoms with Crippen molar-refractivity contribution in [3.63, 3.8) is 0 Å². The van der Waals surface area contributed by atoms with Gasteiger partial charge in [0.05, 0.1) is 12.5 Å². The summed E-state index contributed by atoms with van der Waals surface area (Å²) in [6, 6.07) is -6.32. The van der Waals surface area contributed by atoms with Crippen LogP contribution in [0.4, 0.5) is 0 Å². The van der Waals surface area contributed by atoms with E-state index in [4.69, 9.17) is 27.4 Å². The van der Waals surface area contributed by atoms with E-state index in [-0.39, 0.29) is 19.3 Å². The third-order valence-electron chi connectivity index (χ3n) is 4.62. The van der Waals surface area contributed by atoms with Crippen molar-refractivity contribution < 1.29 is 53.7 Å². The molecule has 0 saturated heterocycles. The molecule has 0 heterocycles. The van der Waals surface area contributed by atoms with Gasteiger partial charge in [0.1, 0.15) is 18.1 Å². The highest BCUT2D eigenvalue weighted by Gasteiger charge is 2.31. The molecule has 5 amide bonds. The minimum Gasteiger partial charge on any atom is -0.481 e. The van der Waals surface area contributed by atoms with E-state index in [0.717, 1.165) is 0 Å². The van der Waals surface area contributed by atoms with Crippen LogP contribution >= 0.6 is 0 Å². The zero-order chi connectivity index (χ0) is 28.0. The van der Waals surface area contributed by atoms with Crippen LogP contribution in [0, 0.1) is 0 Å². The molecular formula is C19H30N6O11. The number of amides is 5. The van der Waals surface area contributed by atoms with Gasteiger partial charge in [0.15, 0.2) is 0 Å². The summed E-state index contributed by atoms with van der Waals surface area (Å²) in [4.78, 5) is 92.8. The fourth-order valence-corrected chi connectivity index (χ4v) is 2.72. The first-order valence-electron chi connectivity index (χ1n) is 10.5. The zero-order valence-corrected chi connectivity index (χ0v) is 19.1. The highest BCUT2D eigenvalue weighted by molar-refractivity contribution is 5.96. The molecule has 202 valence electrons. The lowest BCUT2D eigenvalue weighted by atomic mass is 10.1. The molecule has 0 aromatic carbocycles. The summed E-state index contributed by atoms with van der Waals surface area (Å²) >= 11 is 0. The molecule has 0 unspecified atom stereocenters. The highest BCUT2D eigenvalue weighted by Crippen LogP contribution is 2.05. The lowest BCUT2D eigenvalue weighted by Crippen LogP contribution is -2.57. The second-order valence-electron chi connectivity index (χ2n) is 7.67. The minimum atomic E-state index is -1.76. The molecule has 0 spiro atoms. The molecule has 0 fully saturated rings. The summed E-state index contributed by atoms with van der Waals surface area (Å²) in [5.41, 5.74) is 15.6. The van der Waals surface area contributed by atoms with Crippen molar-refractivity contribution >= 4 is 47.4 Å². The first-order valence-corrected chi connectivity index (χ1v) is 10.5. The van der Waals surface area contributed by atoms with Crippen molar-refractivity contribution in [2.24, 2.45) is 17.2 Å². The molecule has 4 atom stereocenters. The first kappa shape index (κ1) is 31.7. The number of hydrogen-bond acceptors (Lipinski definition) is 9. The Bertz CT molecular complexity index is 878. The van der Waals surface area contributed by atoms with Gasteiger partial charge in [0.2, 0.25) is 29.5 Å². The smallest absolute Gasteiger partial charge is 0.326 e. The van der Waals surface area contributed by atoms with Crippen molar-refractivity contribution in [1.82, 2.24) is 16.0 Å². The van der Waals surface area contributed by atoms with Crippen molar-refractivity contribution in [3.8, 4) is 0 Å². The van der Waals surface area contributed by atoms with E-state index in [1.54, 1.807) is 0 Å². The van der Waals surface area contributed by atoms with Gasteiger partial charge >= 0.3 is 17.9 Å². The Hall–Kier alpha value is -4.28. The van der Waals surface area contributed by atoms with Crippen LogP contribution in [-0.2, 0) is 38.4 Å². The van der Waals surface area contributed by atoms with E-state index < -0.39 is 97.3 Å². The van der Waals surface area contributed by atoms with Crippen molar-refractivity contribution in [2.45, 2.75) is 69.1 Å². The van der Waals surface area contributed by atoms with Gasteiger partial charge < -0.3 is 48.5 Å². The summed E-state index contributed by atoms with van der Waals surface area (Å²) < 4.78 is 0. The molecule has 17 heteroatoms. The molecule has 12 N–H and O–H groups in total. The van der Waals surface area contributed by atoms with Crippen LogP contribution in [0.1, 0.15) is 44.9 Å². The molecule has 17 nitrogen and oxygen atoms in total. The van der Waals surface area contributed by atoms with Crippen LogP contribution in [0.2, 0.25) is 0 Å². The van der Waals surface area contributed by atoms with Crippen molar-refractivity contribution in [2.75, 3.05) is 0 Å².